The summed E-state index contributed by atoms with van der Waals surface area (Å²) in [6, 6.07) is 4.92. The molecule has 2 aliphatic rings. The average molecular weight is 490 g/mol. The second kappa shape index (κ2) is 8.27. The van der Waals surface area contributed by atoms with E-state index in [0.29, 0.717) is 15.7 Å². The lowest BCUT2D eigenvalue weighted by Gasteiger charge is -2.29. The Hall–Kier alpha value is -2.25. The second-order valence-electron chi connectivity index (χ2n) is 7.03. The molecule has 4 rings (SSSR count). The predicted octanol–water partition coefficient (Wildman–Crippen LogP) is 1.68. The zero-order chi connectivity index (χ0) is 25.1. The fourth-order valence-electron chi connectivity index (χ4n) is 3.18. The zero-order valence-electron chi connectivity index (χ0n) is 18.3. The lowest BCUT2D eigenvalue weighted by molar-refractivity contribution is -0.205. The van der Waals surface area contributed by atoms with E-state index in [1.165, 1.54) is 0 Å². The van der Waals surface area contributed by atoms with Gasteiger partial charge in [0.1, 0.15) is 29.2 Å². The Morgan fingerprint density at radius 2 is 2.28 bits per heavy atom. The number of H-pyrrole nitrogens is 1. The normalized spacial score (nSPS) is 33.1. The summed E-state index contributed by atoms with van der Waals surface area (Å²) in [6.07, 6.45) is -5.75. The number of aryl methyl sites for hydroxylation is 1. The number of phosphoric ester groups is 1. The number of alkyl halides is 1. The number of phosphoric acid groups is 1. The minimum atomic E-state index is -4.78. The number of aliphatic hydroxyl groups excluding tert-OH is 2. The molecule has 3 N–H and O–H groups in total. The Balaban J connectivity index is 1.65. The molecule has 0 bridgehead atoms. The third kappa shape index (κ3) is 3.97. The summed E-state index contributed by atoms with van der Waals surface area (Å²) in [7, 11) is -4.78. The van der Waals surface area contributed by atoms with Gasteiger partial charge in [0.25, 0.3) is 5.85 Å². The van der Waals surface area contributed by atoms with Crippen molar-refractivity contribution in [1.82, 2.24) is 9.55 Å². The van der Waals surface area contributed by atoms with Gasteiger partial charge < -0.3 is 19.5 Å². The number of hydrogen-bond donors (Lipinski definition) is 3. The van der Waals surface area contributed by atoms with Gasteiger partial charge in [0.15, 0.2) is 12.5 Å². The van der Waals surface area contributed by atoms with E-state index in [-0.39, 0.29) is 28.8 Å². The summed E-state index contributed by atoms with van der Waals surface area (Å²) < 4.78 is 65.0. The molecule has 14 heteroatoms. The number of nitrogens with one attached hydrogen (secondary N) is 1. The van der Waals surface area contributed by atoms with Crippen LogP contribution >= 0.6 is 20.0 Å². The molecule has 172 valence electrons. The van der Waals surface area contributed by atoms with Crippen molar-refractivity contribution < 1.29 is 45.0 Å². The molecule has 32 heavy (non-hydrogen) atoms. The number of aliphatic hydroxyl groups is 2. The first kappa shape index (κ1) is 20.4. The maximum atomic E-state index is 15.8. The van der Waals surface area contributed by atoms with E-state index in [4.69, 9.17) is 33.3 Å². The summed E-state index contributed by atoms with van der Waals surface area (Å²) in [5.41, 5.74) is -0.251. The quantitative estimate of drug-likeness (QED) is 0.321. The molecule has 0 radical (unpaired) electrons. The molecule has 0 aliphatic carbocycles. The first-order chi connectivity index (χ1) is 15.8. The van der Waals surface area contributed by atoms with Crippen molar-refractivity contribution in [2.24, 2.45) is 0 Å². The Labute approximate surface area is 187 Å². The number of carbonyl (C=O) groups excluding carboxylic acids is 1. The number of aromatic nitrogens is 2. The highest BCUT2D eigenvalue weighted by molar-refractivity contribution is 7.71. The maximum Gasteiger partial charge on any atom is 0.530 e. The molecule has 1 aromatic heterocycles. The number of carbonyl (C=O) groups is 1. The van der Waals surface area contributed by atoms with E-state index in [1.54, 1.807) is 25.1 Å². The number of benzene rings is 1. The van der Waals surface area contributed by atoms with Gasteiger partial charge in [-0.3, -0.25) is 23.4 Å². The first-order valence-electron chi connectivity index (χ1n) is 10.1. The Bertz CT molecular complexity index is 1320. The van der Waals surface area contributed by atoms with E-state index >= 15 is 4.39 Å². The third-order valence-electron chi connectivity index (χ3n) is 4.86. The maximum absolute atomic E-state index is 15.8. The number of hydrogen-bond acceptors (Lipinski definition) is 10. The third-order valence-corrected chi connectivity index (χ3v) is 6.36. The molecule has 0 amide bonds. The summed E-state index contributed by atoms with van der Waals surface area (Å²) in [5, 5.41) is 20.7. The molecule has 11 nitrogen and oxygen atoms in total. The smallest absolute Gasteiger partial charge is 0.403 e. The number of aldehydes is 1. The molecule has 0 spiro atoms. The Morgan fingerprint density at radius 1 is 1.53 bits per heavy atom. The van der Waals surface area contributed by atoms with Crippen LogP contribution < -0.4 is 10.2 Å². The number of rotatable bonds is 5. The highest BCUT2D eigenvalue weighted by Gasteiger charge is 2.57. The molecule has 3 heterocycles. The van der Waals surface area contributed by atoms with Gasteiger partial charge >= 0.3 is 13.5 Å². The number of nitrogens with zero attached hydrogens (tertiary/aromatic N) is 1. The minimum Gasteiger partial charge on any atom is -0.403 e. The standard InChI is InChI=1S/C18H18FN2O9PS/c1-9-3-2-4-10-7-27-31(26,30-13(9)10)28-8-18(19)14(24)12(23)16(29-18)21-5-11(6-22)15(32)20-17(21)25/h2-6,12,14,16,23-24H,7-8H2,1H3,(H,20,25,32)/t12-,14+,16-,18-,31?/m1/s1/i8D2. The highest BCUT2D eigenvalue weighted by Crippen LogP contribution is 2.56. The molecule has 1 unspecified atom stereocenters. The van der Waals surface area contributed by atoms with Crippen LogP contribution in [0.15, 0.2) is 29.2 Å². The van der Waals surface area contributed by atoms with Crippen molar-refractivity contribution in [2.45, 2.75) is 37.8 Å². The highest BCUT2D eigenvalue weighted by atomic mass is 32.1. The molecule has 0 saturated carbocycles. The number of halogens is 1. The van der Waals surface area contributed by atoms with Gasteiger partial charge in [-0.25, -0.2) is 13.8 Å². The Kier molecular flexibility index (Phi) is 5.26. The fourth-order valence-corrected chi connectivity index (χ4v) is 4.53. The lowest BCUT2D eigenvalue weighted by atomic mass is 10.1. The van der Waals surface area contributed by atoms with Crippen molar-refractivity contribution in [3.05, 3.63) is 56.2 Å². The van der Waals surface area contributed by atoms with Crippen molar-refractivity contribution in [1.29, 1.82) is 0 Å². The molecular formula is C18H18FN2O9PS. The van der Waals surface area contributed by atoms with Crippen LogP contribution in [0.2, 0.25) is 0 Å². The summed E-state index contributed by atoms with van der Waals surface area (Å²) in [6.45, 7) is -2.40. The van der Waals surface area contributed by atoms with E-state index in [2.05, 4.69) is 4.98 Å². The average Bonchev–Trinajstić information content (AvgIpc) is 2.99. The van der Waals surface area contributed by atoms with Crippen LogP contribution in [0.25, 0.3) is 0 Å². The van der Waals surface area contributed by atoms with Gasteiger partial charge in [-0.2, -0.15) is 0 Å². The molecule has 1 fully saturated rings. The van der Waals surface area contributed by atoms with Crippen LogP contribution in [0.3, 0.4) is 0 Å². The monoisotopic (exact) mass is 490 g/mol. The van der Waals surface area contributed by atoms with Crippen LogP contribution in [0, 0.1) is 11.6 Å². The van der Waals surface area contributed by atoms with Crippen molar-refractivity contribution in [3.8, 4) is 5.75 Å². The molecule has 2 aromatic rings. The van der Waals surface area contributed by atoms with Gasteiger partial charge in [-0.1, -0.05) is 30.4 Å². The molecular weight excluding hydrogens is 470 g/mol. The van der Waals surface area contributed by atoms with E-state index in [1.807, 2.05) is 0 Å². The summed E-state index contributed by atoms with van der Waals surface area (Å²) in [5.74, 6) is -3.76. The fraction of sp³-hybridized carbons (Fsp3) is 0.389. The van der Waals surface area contributed by atoms with E-state index < -0.39 is 44.4 Å². The zero-order valence-corrected chi connectivity index (χ0v) is 18.0. The first-order valence-corrected chi connectivity index (χ1v) is 11.0. The SMILES string of the molecule is [2H]C([2H])(OP1(=O)OCc2cccc(C)c2O1)[C@@]1(F)O[C@@H](n2cc(C=O)c(=S)[nH]c2=O)[C@H](O)[C@@H]1O. The van der Waals surface area contributed by atoms with Crippen molar-refractivity contribution in [3.63, 3.8) is 0 Å². The van der Waals surface area contributed by atoms with Crippen LogP contribution in [0.1, 0.15) is 30.5 Å². The van der Waals surface area contributed by atoms with Crippen LogP contribution in [0.4, 0.5) is 4.39 Å². The van der Waals surface area contributed by atoms with E-state index in [0.717, 1.165) is 6.20 Å². The minimum absolute atomic E-state index is 0.0964. The number of fused-ring (bicyclic) bond motifs is 1. The second-order valence-corrected chi connectivity index (χ2v) is 8.95. The number of ether oxygens (including phenoxy) is 1. The summed E-state index contributed by atoms with van der Waals surface area (Å²) >= 11 is 4.80. The van der Waals surface area contributed by atoms with Gasteiger partial charge in [0.2, 0.25) is 0 Å². The molecule has 1 saturated heterocycles. The van der Waals surface area contributed by atoms with Crippen molar-refractivity contribution >= 4 is 26.3 Å². The molecule has 1 aromatic carbocycles. The largest absolute Gasteiger partial charge is 0.530 e. The van der Waals surface area contributed by atoms with E-state index in [9.17, 15) is 24.4 Å². The predicted molar refractivity (Wildman–Crippen MR) is 107 cm³/mol. The molecule has 5 atom stereocenters. The van der Waals surface area contributed by atoms with Crippen LogP contribution in [-0.2, 0) is 25.0 Å². The Morgan fingerprint density at radius 3 is 3.00 bits per heavy atom. The van der Waals surface area contributed by atoms with Crippen LogP contribution in [0.5, 0.6) is 5.75 Å². The van der Waals surface area contributed by atoms with Gasteiger partial charge in [-0.15, -0.1) is 0 Å². The lowest BCUT2D eigenvalue weighted by Crippen LogP contribution is -2.43. The summed E-state index contributed by atoms with van der Waals surface area (Å²) in [4.78, 5) is 25.5. The molecule has 2 aliphatic heterocycles. The van der Waals surface area contributed by atoms with Gasteiger partial charge in [0.05, 0.1) is 14.9 Å². The number of para-hydroxylation sites is 1. The van der Waals surface area contributed by atoms with Crippen molar-refractivity contribution in [2.75, 3.05) is 6.56 Å². The topological polar surface area (TPSA) is 149 Å². The van der Waals surface area contributed by atoms with Crippen LogP contribution in [-0.4, -0.2) is 50.7 Å². The van der Waals surface area contributed by atoms with Gasteiger partial charge in [0, 0.05) is 11.8 Å². The number of aromatic amines is 1. The van der Waals surface area contributed by atoms with Gasteiger partial charge in [-0.05, 0) is 12.5 Å².